The van der Waals surface area contributed by atoms with Gasteiger partial charge >= 0.3 is 6.03 Å². The lowest BCUT2D eigenvalue weighted by atomic mass is 10.0. The van der Waals surface area contributed by atoms with Gasteiger partial charge in [-0.2, -0.15) is 10.4 Å². The van der Waals surface area contributed by atoms with Crippen molar-refractivity contribution in [2.75, 3.05) is 20.1 Å². The predicted octanol–water partition coefficient (Wildman–Crippen LogP) is 3.14. The van der Waals surface area contributed by atoms with E-state index >= 15 is 0 Å². The second kappa shape index (κ2) is 9.33. The molecular weight excluding hydrogens is 452 g/mol. The van der Waals surface area contributed by atoms with Gasteiger partial charge in [0.15, 0.2) is 0 Å². The molecule has 2 aromatic rings. The van der Waals surface area contributed by atoms with Gasteiger partial charge in [-0.05, 0) is 17.7 Å². The number of thiazole rings is 1. The van der Waals surface area contributed by atoms with Crippen molar-refractivity contribution in [2.24, 2.45) is 5.10 Å². The van der Waals surface area contributed by atoms with E-state index in [1.54, 1.807) is 18.6 Å². The van der Waals surface area contributed by atoms with Crippen LogP contribution >= 0.6 is 11.3 Å². The summed E-state index contributed by atoms with van der Waals surface area (Å²) in [5.74, 6) is -1.41. The van der Waals surface area contributed by atoms with Crippen molar-refractivity contribution in [1.82, 2.24) is 20.2 Å². The Bertz CT molecular complexity index is 1160. The maximum absolute atomic E-state index is 13.6. The third-order valence-electron chi connectivity index (χ3n) is 5.21. The fourth-order valence-electron chi connectivity index (χ4n) is 3.59. The van der Waals surface area contributed by atoms with Crippen LogP contribution in [-0.4, -0.2) is 59.6 Å². The summed E-state index contributed by atoms with van der Waals surface area (Å²) in [6, 6.07) is 4.19. The fourth-order valence-corrected chi connectivity index (χ4v) is 4.31. The highest BCUT2D eigenvalue weighted by atomic mass is 32.1. The van der Waals surface area contributed by atoms with Crippen LogP contribution in [0.1, 0.15) is 23.7 Å². The van der Waals surface area contributed by atoms with Crippen LogP contribution < -0.4 is 10.1 Å². The highest BCUT2D eigenvalue weighted by Crippen LogP contribution is 2.32. The summed E-state index contributed by atoms with van der Waals surface area (Å²) in [6.07, 6.45) is 2.59. The van der Waals surface area contributed by atoms with Crippen LogP contribution in [0.15, 0.2) is 34.3 Å². The minimum atomic E-state index is -0.705. The molecule has 0 aliphatic carbocycles. The van der Waals surface area contributed by atoms with Gasteiger partial charge in [0.1, 0.15) is 29.5 Å². The number of nitrogens with one attached hydrogen (secondary N) is 2. The molecule has 2 aliphatic heterocycles. The van der Waals surface area contributed by atoms with E-state index in [1.807, 2.05) is 6.07 Å². The van der Waals surface area contributed by atoms with Crippen molar-refractivity contribution in [3.63, 3.8) is 0 Å². The van der Waals surface area contributed by atoms with Gasteiger partial charge in [0, 0.05) is 37.3 Å². The smallest absolute Gasteiger partial charge is 0.341 e. The highest BCUT2D eigenvalue weighted by molar-refractivity contribution is 7.11. The zero-order valence-electron chi connectivity index (χ0n) is 17.5. The van der Waals surface area contributed by atoms with Gasteiger partial charge in [-0.3, -0.25) is 0 Å². The van der Waals surface area contributed by atoms with E-state index in [4.69, 9.17) is 15.4 Å². The molecule has 1 aromatic carbocycles. The minimum absolute atomic E-state index is 0.147. The van der Waals surface area contributed by atoms with Crippen molar-refractivity contribution in [3.05, 3.63) is 52.0 Å². The first kappa shape index (κ1) is 22.3. The Morgan fingerprint density at radius 2 is 2.09 bits per heavy atom. The number of allylic oxidation sites excluding steroid dienone is 1. The quantitative estimate of drug-likeness (QED) is 0.496. The third-order valence-corrected chi connectivity index (χ3v) is 5.94. The summed E-state index contributed by atoms with van der Waals surface area (Å²) in [4.78, 5) is 18.8. The van der Waals surface area contributed by atoms with Crippen LogP contribution in [-0.2, 0) is 0 Å². The summed E-state index contributed by atoms with van der Waals surface area (Å²) in [5.41, 5.74) is 1.41. The number of hydrogen-bond donors (Lipinski definition) is 2. The number of rotatable bonds is 6. The lowest BCUT2D eigenvalue weighted by Gasteiger charge is -2.40. The molecule has 9 nitrogen and oxygen atoms in total. The summed E-state index contributed by atoms with van der Waals surface area (Å²) in [6.45, 7) is 0.616. The first-order valence-electron chi connectivity index (χ1n) is 9.95. The Morgan fingerprint density at radius 1 is 1.36 bits per heavy atom. The number of carbonyl (C=O) groups is 1. The molecule has 0 unspecified atom stereocenters. The van der Waals surface area contributed by atoms with Gasteiger partial charge < -0.3 is 20.4 Å². The first-order chi connectivity index (χ1) is 15.9. The summed E-state index contributed by atoms with van der Waals surface area (Å²) in [7, 11) is 1.64. The Kier molecular flexibility index (Phi) is 6.32. The molecule has 0 radical (unpaired) electrons. The molecule has 1 saturated heterocycles. The number of hydrogen-bond acceptors (Lipinski definition) is 8. The van der Waals surface area contributed by atoms with Crippen molar-refractivity contribution in [3.8, 4) is 11.3 Å². The molecule has 2 aliphatic rings. The fraction of sp³-hybridized carbons (Fsp3) is 0.286. The number of hydrazone groups is 1. The van der Waals surface area contributed by atoms with Crippen molar-refractivity contribution < 1.29 is 18.3 Å². The molecule has 1 aromatic heterocycles. The van der Waals surface area contributed by atoms with E-state index in [1.165, 1.54) is 33.4 Å². The number of carbonyl (C=O) groups excluding carboxylic acids is 1. The number of benzene rings is 1. The molecule has 1 fully saturated rings. The number of nitriles is 1. The van der Waals surface area contributed by atoms with E-state index < -0.39 is 17.7 Å². The van der Waals surface area contributed by atoms with E-state index in [2.05, 4.69) is 15.4 Å². The van der Waals surface area contributed by atoms with Crippen LogP contribution in [0.2, 0.25) is 0 Å². The number of likely N-dealkylation sites (tertiary alicyclic amines) is 1. The third kappa shape index (κ3) is 4.54. The number of aromatic nitrogens is 1. The predicted molar refractivity (Wildman–Crippen MR) is 118 cm³/mol. The molecule has 1 atom stereocenters. The largest absolute Gasteiger partial charge is 0.463 e. The molecular formula is C21H19F2N7O2S. The molecule has 2 N–H and O–H groups in total. The standard InChI is InChI=1S/C21H19F2N7O2S/c1-26-19(13(7-24)8-25)17-11-33-20(28-17)32-16-9-29(10-16)21(31)30-18(2-3-27-30)12-4-14(22)6-15(23)5-12/h3-7,11,16,18,24,26H,2,9-10H2,1H3/b19-13+,24-7?/t18-/m0/s1. The molecule has 170 valence electrons. The van der Waals surface area contributed by atoms with Gasteiger partial charge in [0.2, 0.25) is 0 Å². The second-order valence-corrected chi connectivity index (χ2v) is 8.14. The zero-order chi connectivity index (χ0) is 23.5. The van der Waals surface area contributed by atoms with Gasteiger partial charge in [-0.1, -0.05) is 11.3 Å². The van der Waals surface area contributed by atoms with E-state index in [-0.39, 0.29) is 17.7 Å². The maximum atomic E-state index is 13.6. The number of urea groups is 1. The summed E-state index contributed by atoms with van der Waals surface area (Å²) < 4.78 is 33.1. The van der Waals surface area contributed by atoms with Crippen molar-refractivity contribution >= 4 is 35.5 Å². The van der Waals surface area contributed by atoms with Gasteiger partial charge in [0.05, 0.1) is 30.4 Å². The van der Waals surface area contributed by atoms with Crippen LogP contribution in [0.25, 0.3) is 5.70 Å². The van der Waals surface area contributed by atoms with Gasteiger partial charge in [-0.25, -0.2) is 23.6 Å². The van der Waals surface area contributed by atoms with Crippen LogP contribution in [0.5, 0.6) is 5.19 Å². The highest BCUT2D eigenvalue weighted by Gasteiger charge is 2.39. The molecule has 0 bridgehead atoms. The molecule has 4 rings (SSSR count). The Balaban J connectivity index is 1.37. The molecule has 2 amide bonds. The molecule has 33 heavy (non-hydrogen) atoms. The molecule has 3 heterocycles. The summed E-state index contributed by atoms with van der Waals surface area (Å²) in [5, 5.41) is 26.8. The van der Waals surface area contributed by atoms with E-state index in [0.29, 0.717) is 41.7 Å². The van der Waals surface area contributed by atoms with Crippen molar-refractivity contribution in [2.45, 2.75) is 18.6 Å². The average molecular weight is 471 g/mol. The van der Waals surface area contributed by atoms with Crippen LogP contribution in [0.3, 0.4) is 0 Å². The SMILES string of the molecule is CN/C(=C(/C#N)C=N)c1csc(OC2CN(C(=O)N3N=CC[C@H]3c3cc(F)cc(F)c3)C2)n1. The maximum Gasteiger partial charge on any atom is 0.341 e. The average Bonchev–Trinajstić information content (AvgIpc) is 3.43. The lowest BCUT2D eigenvalue weighted by molar-refractivity contribution is 0.0275. The Morgan fingerprint density at radius 3 is 2.73 bits per heavy atom. The number of halogens is 2. The van der Waals surface area contributed by atoms with Gasteiger partial charge in [-0.15, -0.1) is 0 Å². The Labute approximate surface area is 192 Å². The number of nitrogens with zero attached hydrogens (tertiary/aromatic N) is 5. The normalized spacial score (nSPS) is 18.4. The van der Waals surface area contributed by atoms with E-state index in [9.17, 15) is 13.6 Å². The van der Waals surface area contributed by atoms with Crippen LogP contribution in [0, 0.1) is 28.4 Å². The monoisotopic (exact) mass is 471 g/mol. The van der Waals surface area contributed by atoms with Crippen LogP contribution in [0.4, 0.5) is 13.6 Å². The zero-order valence-corrected chi connectivity index (χ0v) is 18.3. The Hall–Kier alpha value is -3.85. The molecule has 12 heteroatoms. The first-order valence-corrected chi connectivity index (χ1v) is 10.8. The number of ether oxygens (including phenoxy) is 1. The second-order valence-electron chi connectivity index (χ2n) is 7.32. The van der Waals surface area contributed by atoms with E-state index in [0.717, 1.165) is 12.3 Å². The lowest BCUT2D eigenvalue weighted by Crippen LogP contribution is -2.58. The number of amides is 2. The van der Waals surface area contributed by atoms with Crippen molar-refractivity contribution in [1.29, 1.82) is 10.7 Å². The molecule has 0 spiro atoms. The minimum Gasteiger partial charge on any atom is -0.463 e. The topological polar surface area (TPSA) is 118 Å². The van der Waals surface area contributed by atoms with Gasteiger partial charge in [0.25, 0.3) is 5.19 Å². The molecule has 0 saturated carbocycles. The summed E-state index contributed by atoms with van der Waals surface area (Å²) >= 11 is 1.24.